The van der Waals surface area contributed by atoms with Crippen molar-refractivity contribution in [3.63, 3.8) is 0 Å². The predicted octanol–water partition coefficient (Wildman–Crippen LogP) is 3.76. The summed E-state index contributed by atoms with van der Waals surface area (Å²) >= 11 is 1.02. The van der Waals surface area contributed by atoms with Gasteiger partial charge in [0.15, 0.2) is 0 Å². The standard InChI is InChI=1S/C20H19FN4O3S2/c1-13-6-4-7-14(12-13)30(27,28)25-11-5-10-17(25)19-23-24-20(29-19)18(26)22-16-9-3-2-8-15(16)21/h2-4,6-9,12,17H,5,10-11H2,1H3,(H,22,26). The summed E-state index contributed by atoms with van der Waals surface area (Å²) in [5.41, 5.74) is 0.901. The molecule has 0 spiro atoms. The third-order valence-electron chi connectivity index (χ3n) is 4.84. The van der Waals surface area contributed by atoms with E-state index in [1.54, 1.807) is 24.3 Å². The van der Waals surface area contributed by atoms with E-state index in [-0.39, 0.29) is 15.6 Å². The van der Waals surface area contributed by atoms with Gasteiger partial charge in [0.1, 0.15) is 10.8 Å². The first-order valence-electron chi connectivity index (χ1n) is 9.34. The number of carbonyl (C=O) groups excluding carboxylic acids is 1. The molecule has 1 aliphatic rings. The number of halogens is 1. The maximum Gasteiger partial charge on any atom is 0.286 e. The van der Waals surface area contributed by atoms with E-state index in [1.165, 1.54) is 22.5 Å². The molecule has 1 aliphatic heterocycles. The molecular formula is C20H19FN4O3S2. The topological polar surface area (TPSA) is 92.3 Å². The Morgan fingerprint density at radius 2 is 2.00 bits per heavy atom. The van der Waals surface area contributed by atoms with Crippen molar-refractivity contribution in [3.05, 3.63) is 69.9 Å². The van der Waals surface area contributed by atoms with Gasteiger partial charge in [-0.3, -0.25) is 4.79 Å². The SMILES string of the molecule is Cc1cccc(S(=O)(=O)N2CCCC2c2nnc(C(=O)Nc3ccccc3F)s2)c1. The number of sulfonamides is 1. The number of rotatable bonds is 5. The fraction of sp³-hybridized carbons (Fsp3) is 0.250. The highest BCUT2D eigenvalue weighted by atomic mass is 32.2. The number of nitrogens with zero attached hydrogens (tertiary/aromatic N) is 3. The lowest BCUT2D eigenvalue weighted by Gasteiger charge is -2.22. The van der Waals surface area contributed by atoms with E-state index in [2.05, 4.69) is 15.5 Å². The number of hydrogen-bond donors (Lipinski definition) is 1. The Hall–Kier alpha value is -2.69. The molecule has 2 heterocycles. The van der Waals surface area contributed by atoms with Crippen LogP contribution in [0, 0.1) is 12.7 Å². The summed E-state index contributed by atoms with van der Waals surface area (Å²) in [7, 11) is -3.70. The summed E-state index contributed by atoms with van der Waals surface area (Å²) in [6.07, 6.45) is 1.28. The first-order chi connectivity index (χ1) is 14.4. The second-order valence-corrected chi connectivity index (χ2v) is 9.87. The molecule has 1 unspecified atom stereocenters. The summed E-state index contributed by atoms with van der Waals surface area (Å²) < 4.78 is 41.5. The van der Waals surface area contributed by atoms with Crippen molar-refractivity contribution >= 4 is 33.0 Å². The van der Waals surface area contributed by atoms with Crippen molar-refractivity contribution in [1.29, 1.82) is 0 Å². The van der Waals surface area contributed by atoms with E-state index >= 15 is 0 Å². The lowest BCUT2D eigenvalue weighted by atomic mass is 10.2. The average Bonchev–Trinajstić information content (AvgIpc) is 3.39. The van der Waals surface area contributed by atoms with Crippen LogP contribution >= 0.6 is 11.3 Å². The van der Waals surface area contributed by atoms with Crippen LogP contribution in [0.4, 0.5) is 10.1 Å². The van der Waals surface area contributed by atoms with Gasteiger partial charge in [-0.25, -0.2) is 12.8 Å². The van der Waals surface area contributed by atoms with Gasteiger partial charge in [0.2, 0.25) is 15.0 Å². The Balaban J connectivity index is 1.56. The maximum atomic E-state index is 13.8. The predicted molar refractivity (Wildman–Crippen MR) is 111 cm³/mol. The van der Waals surface area contributed by atoms with Gasteiger partial charge in [0.05, 0.1) is 16.6 Å². The van der Waals surface area contributed by atoms with Gasteiger partial charge < -0.3 is 5.32 Å². The Labute approximate surface area is 177 Å². The molecule has 4 rings (SSSR count). The van der Waals surface area contributed by atoms with Crippen LogP contribution in [0.25, 0.3) is 0 Å². The number of aromatic nitrogens is 2. The smallest absolute Gasteiger partial charge is 0.286 e. The highest BCUT2D eigenvalue weighted by Crippen LogP contribution is 2.37. The van der Waals surface area contributed by atoms with E-state index in [0.717, 1.165) is 16.9 Å². The van der Waals surface area contributed by atoms with Gasteiger partial charge in [-0.05, 0) is 49.6 Å². The second kappa shape index (κ2) is 8.21. The Kier molecular flexibility index (Phi) is 5.63. The molecule has 7 nitrogen and oxygen atoms in total. The minimum atomic E-state index is -3.70. The summed E-state index contributed by atoms with van der Waals surface area (Å²) in [5.74, 6) is -1.14. The number of para-hydroxylation sites is 1. The van der Waals surface area contributed by atoms with E-state index in [4.69, 9.17) is 0 Å². The zero-order valence-electron chi connectivity index (χ0n) is 16.1. The summed E-state index contributed by atoms with van der Waals surface area (Å²) in [6, 6.07) is 12.1. The Bertz CT molecular complexity index is 1200. The van der Waals surface area contributed by atoms with Gasteiger partial charge in [-0.1, -0.05) is 35.6 Å². The van der Waals surface area contributed by atoms with Crippen LogP contribution < -0.4 is 5.32 Å². The lowest BCUT2D eigenvalue weighted by molar-refractivity contribution is 0.102. The lowest BCUT2D eigenvalue weighted by Crippen LogP contribution is -2.30. The maximum absolute atomic E-state index is 13.8. The normalized spacial score (nSPS) is 17.2. The summed E-state index contributed by atoms with van der Waals surface area (Å²) in [4.78, 5) is 12.7. The summed E-state index contributed by atoms with van der Waals surface area (Å²) in [6.45, 7) is 2.21. The van der Waals surface area contributed by atoms with Gasteiger partial charge in [0.25, 0.3) is 5.91 Å². The number of amides is 1. The van der Waals surface area contributed by atoms with E-state index in [0.29, 0.717) is 24.4 Å². The highest BCUT2D eigenvalue weighted by Gasteiger charge is 2.38. The molecule has 10 heteroatoms. The molecule has 156 valence electrons. The number of benzene rings is 2. The van der Waals surface area contributed by atoms with Crippen molar-refractivity contribution in [2.24, 2.45) is 0 Å². The van der Waals surface area contributed by atoms with Gasteiger partial charge in [-0.15, -0.1) is 10.2 Å². The third-order valence-corrected chi connectivity index (χ3v) is 7.77. The van der Waals surface area contributed by atoms with E-state index in [1.807, 2.05) is 13.0 Å². The minimum absolute atomic E-state index is 0.0452. The molecule has 0 radical (unpaired) electrons. The van der Waals surface area contributed by atoms with Crippen LogP contribution in [0.3, 0.4) is 0 Å². The molecule has 3 aromatic rings. The molecule has 30 heavy (non-hydrogen) atoms. The van der Waals surface area contributed by atoms with Gasteiger partial charge in [0, 0.05) is 6.54 Å². The van der Waals surface area contributed by atoms with Crippen LogP contribution in [0.1, 0.15) is 39.3 Å². The number of hydrogen-bond acceptors (Lipinski definition) is 6. The first kappa shape index (κ1) is 20.6. The molecular weight excluding hydrogens is 427 g/mol. The van der Waals surface area contributed by atoms with Crippen LogP contribution in [0.15, 0.2) is 53.4 Å². The fourth-order valence-electron chi connectivity index (χ4n) is 3.39. The van der Waals surface area contributed by atoms with Gasteiger partial charge in [-0.2, -0.15) is 4.31 Å². The van der Waals surface area contributed by atoms with E-state index in [9.17, 15) is 17.6 Å². The Morgan fingerprint density at radius 1 is 1.20 bits per heavy atom. The molecule has 1 fully saturated rings. The fourth-order valence-corrected chi connectivity index (χ4v) is 6.10. The molecule has 1 N–H and O–H groups in total. The number of anilines is 1. The molecule has 0 aliphatic carbocycles. The van der Waals surface area contributed by atoms with Crippen molar-refractivity contribution in [3.8, 4) is 0 Å². The van der Waals surface area contributed by atoms with E-state index < -0.39 is 27.8 Å². The zero-order chi connectivity index (χ0) is 21.3. The molecule has 1 aromatic heterocycles. The molecule has 2 aromatic carbocycles. The van der Waals surface area contributed by atoms with Crippen molar-refractivity contribution in [2.75, 3.05) is 11.9 Å². The summed E-state index contributed by atoms with van der Waals surface area (Å²) in [5, 5.41) is 10.9. The highest BCUT2D eigenvalue weighted by molar-refractivity contribution is 7.89. The Morgan fingerprint density at radius 3 is 2.77 bits per heavy atom. The quantitative estimate of drug-likeness (QED) is 0.644. The minimum Gasteiger partial charge on any atom is -0.317 e. The van der Waals surface area contributed by atoms with Crippen molar-refractivity contribution in [2.45, 2.75) is 30.7 Å². The van der Waals surface area contributed by atoms with Crippen LogP contribution in [-0.4, -0.2) is 35.4 Å². The average molecular weight is 447 g/mol. The number of carbonyl (C=O) groups is 1. The van der Waals surface area contributed by atoms with Crippen LogP contribution in [-0.2, 0) is 10.0 Å². The van der Waals surface area contributed by atoms with Crippen molar-refractivity contribution < 1.29 is 17.6 Å². The monoisotopic (exact) mass is 446 g/mol. The molecule has 0 bridgehead atoms. The van der Waals surface area contributed by atoms with Crippen molar-refractivity contribution in [1.82, 2.24) is 14.5 Å². The molecule has 1 saturated heterocycles. The van der Waals surface area contributed by atoms with Crippen LogP contribution in [0.2, 0.25) is 0 Å². The zero-order valence-corrected chi connectivity index (χ0v) is 17.7. The number of nitrogens with one attached hydrogen (secondary N) is 1. The molecule has 0 saturated carbocycles. The van der Waals surface area contributed by atoms with Crippen LogP contribution in [0.5, 0.6) is 0 Å². The first-order valence-corrected chi connectivity index (χ1v) is 11.6. The molecule has 1 amide bonds. The molecule has 1 atom stereocenters. The number of aryl methyl sites for hydroxylation is 1. The second-order valence-electron chi connectivity index (χ2n) is 6.97. The third kappa shape index (κ3) is 3.98. The van der Waals surface area contributed by atoms with Gasteiger partial charge >= 0.3 is 0 Å². The largest absolute Gasteiger partial charge is 0.317 e.